The van der Waals surface area contributed by atoms with Gasteiger partial charge in [0.05, 0.1) is 0 Å². The molecule has 2 fully saturated rings. The first-order chi connectivity index (χ1) is 9.13. The van der Waals surface area contributed by atoms with Crippen LogP contribution in [-0.2, 0) is 0 Å². The summed E-state index contributed by atoms with van der Waals surface area (Å²) in [6, 6.07) is 0. The quantitative estimate of drug-likeness (QED) is 0.820. The van der Waals surface area contributed by atoms with Crippen molar-refractivity contribution in [3.05, 3.63) is 0 Å². The first kappa shape index (κ1) is 15.3. The summed E-state index contributed by atoms with van der Waals surface area (Å²) in [6.07, 6.45) is 10.9. The van der Waals surface area contributed by atoms with Crippen LogP contribution < -0.4 is 5.73 Å². The third-order valence-corrected chi connectivity index (χ3v) is 6.49. The molecule has 2 rings (SSSR count). The van der Waals surface area contributed by atoms with E-state index in [-0.39, 0.29) is 0 Å². The van der Waals surface area contributed by atoms with E-state index in [0.717, 1.165) is 12.5 Å². The van der Waals surface area contributed by atoms with Gasteiger partial charge in [-0.3, -0.25) is 4.90 Å². The maximum Gasteiger partial charge on any atom is 0.0334 e. The Morgan fingerprint density at radius 3 is 2.42 bits per heavy atom. The standard InChI is InChI=1S/C17H34N2/c1-4-15-8-7-9-17(12-15,13-18)19-11-10-16(5-2,6-3)14-19/h15H,4-14,18H2,1-3H3. The Labute approximate surface area is 120 Å². The predicted molar refractivity (Wildman–Crippen MR) is 83.2 cm³/mol. The smallest absolute Gasteiger partial charge is 0.0334 e. The van der Waals surface area contributed by atoms with Gasteiger partial charge in [0.2, 0.25) is 0 Å². The Bertz CT molecular complexity index is 285. The second kappa shape index (κ2) is 6.13. The average Bonchev–Trinajstić information content (AvgIpc) is 2.93. The Morgan fingerprint density at radius 1 is 1.16 bits per heavy atom. The van der Waals surface area contributed by atoms with Crippen molar-refractivity contribution in [1.82, 2.24) is 4.90 Å². The third kappa shape index (κ3) is 2.85. The molecule has 0 aromatic heterocycles. The third-order valence-electron chi connectivity index (χ3n) is 6.49. The first-order valence-electron chi connectivity index (χ1n) is 8.59. The molecule has 112 valence electrons. The summed E-state index contributed by atoms with van der Waals surface area (Å²) in [4.78, 5) is 2.79. The van der Waals surface area contributed by atoms with Gasteiger partial charge in [-0.05, 0) is 50.0 Å². The van der Waals surface area contributed by atoms with E-state index in [4.69, 9.17) is 5.73 Å². The minimum Gasteiger partial charge on any atom is -0.329 e. The zero-order valence-corrected chi connectivity index (χ0v) is 13.4. The number of nitrogens with zero attached hydrogens (tertiary/aromatic N) is 1. The zero-order chi connectivity index (χ0) is 13.9. The van der Waals surface area contributed by atoms with Gasteiger partial charge < -0.3 is 5.73 Å². The highest BCUT2D eigenvalue weighted by Crippen LogP contribution is 2.45. The van der Waals surface area contributed by atoms with E-state index in [1.807, 2.05) is 0 Å². The van der Waals surface area contributed by atoms with Gasteiger partial charge in [-0.2, -0.15) is 0 Å². The van der Waals surface area contributed by atoms with E-state index in [1.165, 1.54) is 64.5 Å². The molecule has 1 aliphatic heterocycles. The molecule has 0 aromatic rings. The van der Waals surface area contributed by atoms with Crippen LogP contribution in [0.1, 0.15) is 72.1 Å². The molecular formula is C17H34N2. The molecule has 0 aromatic carbocycles. The molecule has 19 heavy (non-hydrogen) atoms. The van der Waals surface area contributed by atoms with Gasteiger partial charge in [-0.25, -0.2) is 0 Å². The van der Waals surface area contributed by atoms with Gasteiger partial charge in [0.25, 0.3) is 0 Å². The van der Waals surface area contributed by atoms with Crippen LogP contribution in [0.25, 0.3) is 0 Å². The number of nitrogens with two attached hydrogens (primary N) is 1. The second-order valence-corrected chi connectivity index (χ2v) is 7.18. The van der Waals surface area contributed by atoms with Crippen LogP contribution in [0.5, 0.6) is 0 Å². The Morgan fingerprint density at radius 2 is 1.89 bits per heavy atom. The predicted octanol–water partition coefficient (Wildman–Crippen LogP) is 3.80. The van der Waals surface area contributed by atoms with Crippen LogP contribution in [0.2, 0.25) is 0 Å². The van der Waals surface area contributed by atoms with Gasteiger partial charge >= 0.3 is 0 Å². The van der Waals surface area contributed by atoms with Crippen molar-refractivity contribution in [1.29, 1.82) is 0 Å². The molecule has 0 amide bonds. The Hall–Kier alpha value is -0.0800. The summed E-state index contributed by atoms with van der Waals surface area (Å²) in [5.74, 6) is 0.913. The maximum atomic E-state index is 6.26. The molecule has 1 saturated heterocycles. The SMILES string of the molecule is CCC1CCCC(CN)(N2CCC(CC)(CC)C2)C1. The highest BCUT2D eigenvalue weighted by molar-refractivity contribution is 5.02. The molecule has 2 N–H and O–H groups in total. The van der Waals surface area contributed by atoms with Crippen LogP contribution in [0, 0.1) is 11.3 Å². The molecular weight excluding hydrogens is 232 g/mol. The topological polar surface area (TPSA) is 29.3 Å². The molecule has 2 nitrogen and oxygen atoms in total. The van der Waals surface area contributed by atoms with Gasteiger partial charge in [-0.1, -0.05) is 40.0 Å². The largest absolute Gasteiger partial charge is 0.329 e. The van der Waals surface area contributed by atoms with Gasteiger partial charge in [0.15, 0.2) is 0 Å². The monoisotopic (exact) mass is 266 g/mol. The van der Waals surface area contributed by atoms with Crippen LogP contribution in [0.4, 0.5) is 0 Å². The minimum absolute atomic E-state index is 0.338. The van der Waals surface area contributed by atoms with E-state index in [9.17, 15) is 0 Å². The molecule has 1 heterocycles. The minimum atomic E-state index is 0.338. The summed E-state index contributed by atoms with van der Waals surface area (Å²) >= 11 is 0. The lowest BCUT2D eigenvalue weighted by molar-refractivity contribution is 0.0431. The molecule has 0 radical (unpaired) electrons. The highest BCUT2D eigenvalue weighted by Gasteiger charge is 2.46. The molecule has 0 bridgehead atoms. The Kier molecular flexibility index (Phi) is 4.94. The van der Waals surface area contributed by atoms with Gasteiger partial charge in [0, 0.05) is 18.6 Å². The summed E-state index contributed by atoms with van der Waals surface area (Å²) in [6.45, 7) is 10.6. The number of likely N-dealkylation sites (tertiary alicyclic amines) is 1. The molecule has 2 unspecified atom stereocenters. The van der Waals surface area contributed by atoms with Crippen molar-refractivity contribution in [2.24, 2.45) is 17.1 Å². The van der Waals surface area contributed by atoms with Gasteiger partial charge in [-0.15, -0.1) is 0 Å². The van der Waals surface area contributed by atoms with Crippen molar-refractivity contribution in [2.45, 2.75) is 77.7 Å². The molecule has 1 aliphatic carbocycles. The average molecular weight is 266 g/mol. The number of hydrogen-bond donors (Lipinski definition) is 1. The normalized spacial score (nSPS) is 35.7. The van der Waals surface area contributed by atoms with Crippen molar-refractivity contribution in [3.63, 3.8) is 0 Å². The van der Waals surface area contributed by atoms with E-state index in [1.54, 1.807) is 0 Å². The molecule has 0 spiro atoms. The fourth-order valence-corrected chi connectivity index (χ4v) is 4.58. The zero-order valence-electron chi connectivity index (χ0n) is 13.4. The van der Waals surface area contributed by atoms with Crippen molar-refractivity contribution in [3.8, 4) is 0 Å². The molecule has 1 saturated carbocycles. The fourth-order valence-electron chi connectivity index (χ4n) is 4.58. The van der Waals surface area contributed by atoms with Crippen LogP contribution in [0.3, 0.4) is 0 Å². The first-order valence-corrected chi connectivity index (χ1v) is 8.59. The number of rotatable bonds is 5. The highest BCUT2D eigenvalue weighted by atomic mass is 15.2. The van der Waals surface area contributed by atoms with E-state index >= 15 is 0 Å². The van der Waals surface area contributed by atoms with Crippen molar-refractivity contribution in [2.75, 3.05) is 19.6 Å². The number of hydrogen-bond acceptors (Lipinski definition) is 2. The van der Waals surface area contributed by atoms with Crippen LogP contribution >= 0.6 is 0 Å². The molecule has 2 atom stereocenters. The molecule has 2 heteroatoms. The van der Waals surface area contributed by atoms with Crippen LogP contribution in [0.15, 0.2) is 0 Å². The lowest BCUT2D eigenvalue weighted by Gasteiger charge is -2.47. The van der Waals surface area contributed by atoms with E-state index < -0.39 is 0 Å². The summed E-state index contributed by atoms with van der Waals surface area (Å²) in [7, 11) is 0. The van der Waals surface area contributed by atoms with Crippen molar-refractivity contribution < 1.29 is 0 Å². The Balaban J connectivity index is 2.10. The summed E-state index contributed by atoms with van der Waals surface area (Å²) in [5, 5.41) is 0. The van der Waals surface area contributed by atoms with Gasteiger partial charge in [0.1, 0.15) is 0 Å². The lowest BCUT2D eigenvalue weighted by atomic mass is 9.73. The fraction of sp³-hybridized carbons (Fsp3) is 1.00. The molecule has 2 aliphatic rings. The summed E-state index contributed by atoms with van der Waals surface area (Å²) in [5.41, 5.74) is 7.19. The lowest BCUT2D eigenvalue weighted by Crippen LogP contribution is -2.56. The second-order valence-electron chi connectivity index (χ2n) is 7.18. The van der Waals surface area contributed by atoms with Crippen molar-refractivity contribution >= 4 is 0 Å². The van der Waals surface area contributed by atoms with E-state index in [0.29, 0.717) is 11.0 Å². The van der Waals surface area contributed by atoms with E-state index in [2.05, 4.69) is 25.7 Å². The summed E-state index contributed by atoms with van der Waals surface area (Å²) < 4.78 is 0. The van der Waals surface area contributed by atoms with Crippen LogP contribution in [-0.4, -0.2) is 30.1 Å². The maximum absolute atomic E-state index is 6.26.